The fraction of sp³-hybridized carbons (Fsp3) is 0.611. The number of carbonyl (C=O) groups excluding carboxylic acids is 1. The molecular formula is C18H26N6O. The van der Waals surface area contributed by atoms with Crippen molar-refractivity contribution in [2.24, 2.45) is 0 Å². The average Bonchev–Trinajstić information content (AvgIpc) is 3.19. The molecule has 0 spiro atoms. The molecule has 0 aromatic carbocycles. The summed E-state index contributed by atoms with van der Waals surface area (Å²) in [4.78, 5) is 23.0. The number of nitrogens with zero attached hydrogens (tertiary/aromatic N) is 5. The molecule has 2 aliphatic rings. The summed E-state index contributed by atoms with van der Waals surface area (Å²) in [6.45, 7) is 7.06. The highest BCUT2D eigenvalue weighted by molar-refractivity contribution is 5.74. The summed E-state index contributed by atoms with van der Waals surface area (Å²) < 4.78 is 0. The van der Waals surface area contributed by atoms with Crippen LogP contribution in [0, 0.1) is 11.3 Å². The van der Waals surface area contributed by atoms with E-state index in [1.165, 1.54) is 25.9 Å². The van der Waals surface area contributed by atoms with Gasteiger partial charge in [0.1, 0.15) is 5.82 Å². The van der Waals surface area contributed by atoms with Crippen LogP contribution in [0.5, 0.6) is 0 Å². The maximum Gasteiger partial charge on any atom is 0.317 e. The van der Waals surface area contributed by atoms with E-state index in [1.807, 2.05) is 4.90 Å². The van der Waals surface area contributed by atoms with Crippen molar-refractivity contribution in [1.82, 2.24) is 20.1 Å². The molecule has 7 heteroatoms. The minimum atomic E-state index is 0.0276. The second-order valence-corrected chi connectivity index (χ2v) is 6.62. The number of rotatable bonds is 5. The highest BCUT2D eigenvalue weighted by Crippen LogP contribution is 2.14. The van der Waals surface area contributed by atoms with Crippen LogP contribution in [-0.4, -0.2) is 73.2 Å². The van der Waals surface area contributed by atoms with Gasteiger partial charge < -0.3 is 20.0 Å². The van der Waals surface area contributed by atoms with Crippen LogP contribution in [-0.2, 0) is 0 Å². The Morgan fingerprint density at radius 1 is 1.20 bits per heavy atom. The molecule has 7 nitrogen and oxygen atoms in total. The molecule has 0 atom stereocenters. The lowest BCUT2D eigenvalue weighted by atomic mass is 10.2. The van der Waals surface area contributed by atoms with E-state index >= 15 is 0 Å². The van der Waals surface area contributed by atoms with E-state index in [0.717, 1.165) is 38.4 Å². The Morgan fingerprint density at radius 3 is 2.68 bits per heavy atom. The molecule has 2 saturated heterocycles. The molecule has 25 heavy (non-hydrogen) atoms. The van der Waals surface area contributed by atoms with E-state index < -0.39 is 0 Å². The van der Waals surface area contributed by atoms with Crippen molar-refractivity contribution in [3.8, 4) is 6.07 Å². The highest BCUT2D eigenvalue weighted by Gasteiger charge is 2.21. The first-order chi connectivity index (χ1) is 12.3. The van der Waals surface area contributed by atoms with Crippen molar-refractivity contribution in [3.63, 3.8) is 0 Å². The first kappa shape index (κ1) is 17.5. The number of hydrogen-bond donors (Lipinski definition) is 1. The molecule has 1 N–H and O–H groups in total. The van der Waals surface area contributed by atoms with Crippen molar-refractivity contribution in [1.29, 1.82) is 5.26 Å². The lowest BCUT2D eigenvalue weighted by Crippen LogP contribution is -2.52. The van der Waals surface area contributed by atoms with Crippen molar-refractivity contribution in [3.05, 3.63) is 23.9 Å². The molecule has 2 amide bonds. The van der Waals surface area contributed by atoms with Crippen LogP contribution in [0.3, 0.4) is 0 Å². The van der Waals surface area contributed by atoms with Crippen LogP contribution in [0.15, 0.2) is 18.3 Å². The van der Waals surface area contributed by atoms with Gasteiger partial charge in [0.15, 0.2) is 0 Å². The zero-order valence-corrected chi connectivity index (χ0v) is 14.7. The largest absolute Gasteiger partial charge is 0.353 e. The summed E-state index contributed by atoms with van der Waals surface area (Å²) in [7, 11) is 0. The highest BCUT2D eigenvalue weighted by atomic mass is 16.2. The molecule has 1 aromatic heterocycles. The first-order valence-corrected chi connectivity index (χ1v) is 9.12. The van der Waals surface area contributed by atoms with Crippen molar-refractivity contribution in [2.45, 2.75) is 19.3 Å². The molecule has 2 aliphatic heterocycles. The Morgan fingerprint density at radius 2 is 1.96 bits per heavy atom. The number of hydrogen-bond acceptors (Lipinski definition) is 5. The number of carbonyl (C=O) groups is 1. The van der Waals surface area contributed by atoms with Gasteiger partial charge in [0, 0.05) is 38.9 Å². The van der Waals surface area contributed by atoms with E-state index in [9.17, 15) is 4.79 Å². The lowest BCUT2D eigenvalue weighted by Gasteiger charge is -2.35. The smallest absolute Gasteiger partial charge is 0.317 e. The molecular weight excluding hydrogens is 316 g/mol. The Labute approximate surface area is 149 Å². The van der Waals surface area contributed by atoms with Gasteiger partial charge in [-0.3, -0.25) is 0 Å². The predicted molar refractivity (Wildman–Crippen MR) is 96.4 cm³/mol. The number of amides is 2. The Hall–Kier alpha value is -2.33. The minimum Gasteiger partial charge on any atom is -0.353 e. The van der Waals surface area contributed by atoms with Gasteiger partial charge in [-0.1, -0.05) is 0 Å². The van der Waals surface area contributed by atoms with E-state index in [2.05, 4.69) is 26.2 Å². The number of urea groups is 1. The van der Waals surface area contributed by atoms with Crippen LogP contribution < -0.4 is 10.2 Å². The third kappa shape index (κ3) is 4.83. The lowest BCUT2D eigenvalue weighted by molar-refractivity contribution is 0.193. The van der Waals surface area contributed by atoms with Crippen LogP contribution in [0.2, 0.25) is 0 Å². The Balaban J connectivity index is 1.37. The number of anilines is 1. The van der Waals surface area contributed by atoms with E-state index in [-0.39, 0.29) is 6.03 Å². The van der Waals surface area contributed by atoms with E-state index in [0.29, 0.717) is 18.7 Å². The number of nitriles is 1. The standard InChI is InChI=1S/C18H26N6O/c19-15-16-4-6-20-17(14-16)23-10-12-24(13-11-23)18(25)21-5-3-9-22-7-1-2-8-22/h4,6,14H,1-3,5,7-13H2,(H,21,25). The van der Waals surface area contributed by atoms with Gasteiger partial charge in [0.25, 0.3) is 0 Å². The number of aromatic nitrogens is 1. The summed E-state index contributed by atoms with van der Waals surface area (Å²) in [5.41, 5.74) is 0.614. The third-order valence-electron chi connectivity index (χ3n) is 4.89. The van der Waals surface area contributed by atoms with E-state index in [4.69, 9.17) is 5.26 Å². The fourth-order valence-corrected chi connectivity index (χ4v) is 3.42. The predicted octanol–water partition coefficient (Wildman–Crippen LogP) is 1.27. The maximum atomic E-state index is 12.3. The van der Waals surface area contributed by atoms with Crippen molar-refractivity contribution >= 4 is 11.8 Å². The second-order valence-electron chi connectivity index (χ2n) is 6.62. The monoisotopic (exact) mass is 342 g/mol. The molecule has 1 aromatic rings. The average molecular weight is 342 g/mol. The summed E-state index contributed by atoms with van der Waals surface area (Å²) in [5, 5.41) is 12.0. The molecule has 3 heterocycles. The molecule has 0 radical (unpaired) electrons. The van der Waals surface area contributed by atoms with Gasteiger partial charge in [-0.15, -0.1) is 0 Å². The molecule has 3 rings (SSSR count). The summed E-state index contributed by atoms with van der Waals surface area (Å²) in [5.74, 6) is 0.810. The fourth-order valence-electron chi connectivity index (χ4n) is 3.42. The molecule has 134 valence electrons. The number of pyridine rings is 1. The zero-order valence-electron chi connectivity index (χ0n) is 14.7. The van der Waals surface area contributed by atoms with Gasteiger partial charge in [-0.25, -0.2) is 9.78 Å². The molecule has 0 unspecified atom stereocenters. The molecule has 0 bridgehead atoms. The number of piperazine rings is 1. The van der Waals surface area contributed by atoms with Gasteiger partial charge >= 0.3 is 6.03 Å². The normalized spacial score (nSPS) is 18.2. The van der Waals surface area contributed by atoms with Crippen LogP contribution in [0.25, 0.3) is 0 Å². The molecule has 0 aliphatic carbocycles. The first-order valence-electron chi connectivity index (χ1n) is 9.12. The van der Waals surface area contributed by atoms with Gasteiger partial charge in [-0.2, -0.15) is 5.26 Å². The summed E-state index contributed by atoms with van der Waals surface area (Å²) >= 11 is 0. The van der Waals surface area contributed by atoms with Gasteiger partial charge in [0.05, 0.1) is 11.6 Å². The van der Waals surface area contributed by atoms with Crippen molar-refractivity contribution < 1.29 is 4.79 Å². The van der Waals surface area contributed by atoms with Gasteiger partial charge in [0.2, 0.25) is 0 Å². The van der Waals surface area contributed by atoms with Crippen LogP contribution >= 0.6 is 0 Å². The van der Waals surface area contributed by atoms with E-state index in [1.54, 1.807) is 18.3 Å². The Bertz CT molecular complexity index is 614. The second kappa shape index (κ2) is 8.67. The SMILES string of the molecule is N#Cc1ccnc(N2CCN(C(=O)NCCCN3CCCC3)CC2)c1. The quantitative estimate of drug-likeness (QED) is 0.816. The number of nitrogens with one attached hydrogen (secondary N) is 1. The van der Waals surface area contributed by atoms with Crippen LogP contribution in [0.1, 0.15) is 24.8 Å². The number of likely N-dealkylation sites (tertiary alicyclic amines) is 1. The summed E-state index contributed by atoms with van der Waals surface area (Å²) in [6.07, 6.45) is 5.29. The topological polar surface area (TPSA) is 75.5 Å². The summed E-state index contributed by atoms with van der Waals surface area (Å²) in [6, 6.07) is 5.67. The van der Waals surface area contributed by atoms with Crippen molar-refractivity contribution in [2.75, 3.05) is 57.3 Å². The third-order valence-corrected chi connectivity index (χ3v) is 4.89. The molecule has 2 fully saturated rings. The maximum absolute atomic E-state index is 12.3. The van der Waals surface area contributed by atoms with Gasteiger partial charge in [-0.05, 0) is 51.0 Å². The molecule has 0 saturated carbocycles. The minimum absolute atomic E-state index is 0.0276. The van der Waals surface area contributed by atoms with Crippen LogP contribution in [0.4, 0.5) is 10.6 Å². The zero-order chi connectivity index (χ0) is 17.5. The Kier molecular flexibility index (Phi) is 6.07.